The summed E-state index contributed by atoms with van der Waals surface area (Å²) in [5.41, 5.74) is 0. The fraction of sp³-hybridized carbons (Fsp3) is 0.550. The molecule has 1 fully saturated rings. The summed E-state index contributed by atoms with van der Waals surface area (Å²) in [6, 6.07) is 8.28. The predicted molar refractivity (Wildman–Crippen MR) is 99.5 cm³/mol. The smallest absolute Gasteiger partial charge is 0.226 e. The Labute approximate surface area is 149 Å². The van der Waals surface area contributed by atoms with Crippen LogP contribution < -0.4 is 4.74 Å². The van der Waals surface area contributed by atoms with Crippen LogP contribution in [-0.4, -0.2) is 36.8 Å². The van der Waals surface area contributed by atoms with E-state index in [-0.39, 0.29) is 5.92 Å². The predicted octanol–water partition coefficient (Wildman–Crippen LogP) is 4.38. The normalized spacial score (nSPS) is 21.7. The third-order valence-corrected chi connectivity index (χ3v) is 6.33. The van der Waals surface area contributed by atoms with Gasteiger partial charge >= 0.3 is 0 Å². The fourth-order valence-electron chi connectivity index (χ4n) is 3.48. The molecule has 1 aliphatic heterocycles. The zero-order valence-electron chi connectivity index (χ0n) is 14.4. The molecule has 0 spiro atoms. The van der Waals surface area contributed by atoms with E-state index in [1.165, 1.54) is 4.90 Å². The second-order valence-corrected chi connectivity index (χ2v) is 7.83. The number of hydrogen-bond acceptors (Lipinski definition) is 3. The van der Waals surface area contributed by atoms with Gasteiger partial charge in [-0.1, -0.05) is 12.2 Å². The van der Waals surface area contributed by atoms with Crippen LogP contribution in [0.5, 0.6) is 5.75 Å². The molecule has 0 saturated carbocycles. The van der Waals surface area contributed by atoms with Gasteiger partial charge in [-0.25, -0.2) is 0 Å². The van der Waals surface area contributed by atoms with E-state index in [1.54, 1.807) is 7.11 Å². The molecule has 1 heterocycles. The number of likely N-dealkylation sites (tertiary alicyclic amines) is 1. The SMILES string of the molecule is COc1ccc(SCC2CCN(C(=O)C3CC=CCC3)CC2)cc1. The van der Waals surface area contributed by atoms with Gasteiger partial charge in [0.2, 0.25) is 5.91 Å². The number of thioether (sulfide) groups is 1. The highest BCUT2D eigenvalue weighted by atomic mass is 32.2. The highest BCUT2D eigenvalue weighted by Crippen LogP contribution is 2.29. The lowest BCUT2D eigenvalue weighted by molar-refractivity contribution is -0.137. The van der Waals surface area contributed by atoms with E-state index >= 15 is 0 Å². The molecule has 4 heteroatoms. The van der Waals surface area contributed by atoms with Crippen LogP contribution in [0.2, 0.25) is 0 Å². The summed E-state index contributed by atoms with van der Waals surface area (Å²) in [6.45, 7) is 1.87. The molecule has 1 unspecified atom stereocenters. The van der Waals surface area contributed by atoms with Crippen molar-refractivity contribution in [3.05, 3.63) is 36.4 Å². The molecule has 24 heavy (non-hydrogen) atoms. The van der Waals surface area contributed by atoms with Gasteiger partial charge in [0, 0.05) is 29.7 Å². The minimum Gasteiger partial charge on any atom is -0.497 e. The van der Waals surface area contributed by atoms with Crippen molar-refractivity contribution >= 4 is 17.7 Å². The van der Waals surface area contributed by atoms with Gasteiger partial charge in [-0.3, -0.25) is 4.79 Å². The first kappa shape index (κ1) is 17.4. The molecule has 0 N–H and O–H groups in total. The van der Waals surface area contributed by atoms with Gasteiger partial charge in [0.15, 0.2) is 0 Å². The molecule has 1 aliphatic carbocycles. The summed E-state index contributed by atoms with van der Waals surface area (Å²) < 4.78 is 5.20. The number of allylic oxidation sites excluding steroid dienone is 2. The maximum Gasteiger partial charge on any atom is 0.226 e. The number of rotatable bonds is 5. The number of ether oxygens (including phenoxy) is 1. The third-order valence-electron chi connectivity index (χ3n) is 5.09. The van der Waals surface area contributed by atoms with Gasteiger partial charge in [-0.15, -0.1) is 11.8 Å². The monoisotopic (exact) mass is 345 g/mol. The van der Waals surface area contributed by atoms with E-state index in [2.05, 4.69) is 29.2 Å². The minimum absolute atomic E-state index is 0.236. The standard InChI is InChI=1S/C20H27NO2S/c1-23-18-7-9-19(10-8-18)24-15-16-11-13-21(14-12-16)20(22)17-5-3-2-4-6-17/h2-3,7-10,16-17H,4-6,11-15H2,1H3. The van der Waals surface area contributed by atoms with E-state index in [0.29, 0.717) is 11.8 Å². The molecule has 1 aromatic rings. The maximum absolute atomic E-state index is 12.6. The van der Waals surface area contributed by atoms with Crippen molar-refractivity contribution in [2.24, 2.45) is 11.8 Å². The van der Waals surface area contributed by atoms with Crippen LogP contribution in [0.3, 0.4) is 0 Å². The molecule has 130 valence electrons. The molecule has 1 saturated heterocycles. The van der Waals surface area contributed by atoms with E-state index in [9.17, 15) is 4.79 Å². The number of hydrogen-bond donors (Lipinski definition) is 0. The summed E-state index contributed by atoms with van der Waals surface area (Å²) in [4.78, 5) is 16.0. The van der Waals surface area contributed by atoms with E-state index in [1.807, 2.05) is 23.9 Å². The number of carbonyl (C=O) groups excluding carboxylic acids is 1. The zero-order valence-corrected chi connectivity index (χ0v) is 15.3. The van der Waals surface area contributed by atoms with E-state index < -0.39 is 0 Å². The van der Waals surface area contributed by atoms with Crippen molar-refractivity contribution in [2.75, 3.05) is 26.0 Å². The van der Waals surface area contributed by atoms with Crippen LogP contribution in [0.15, 0.2) is 41.3 Å². The summed E-state index contributed by atoms with van der Waals surface area (Å²) in [6.07, 6.45) is 9.67. The van der Waals surface area contributed by atoms with Crippen molar-refractivity contribution < 1.29 is 9.53 Å². The highest BCUT2D eigenvalue weighted by Gasteiger charge is 2.28. The molecule has 1 atom stereocenters. The molecule has 2 aliphatic rings. The molecule has 3 nitrogen and oxygen atoms in total. The van der Waals surface area contributed by atoms with Crippen molar-refractivity contribution in [3.63, 3.8) is 0 Å². The maximum atomic E-state index is 12.6. The van der Waals surface area contributed by atoms with Gasteiger partial charge in [0.05, 0.1) is 7.11 Å². The molecule has 0 radical (unpaired) electrons. The third kappa shape index (κ3) is 4.56. The van der Waals surface area contributed by atoms with Crippen molar-refractivity contribution in [3.8, 4) is 5.75 Å². The van der Waals surface area contributed by atoms with Crippen molar-refractivity contribution in [2.45, 2.75) is 37.0 Å². The average molecular weight is 346 g/mol. The lowest BCUT2D eigenvalue weighted by atomic mass is 9.91. The highest BCUT2D eigenvalue weighted by molar-refractivity contribution is 7.99. The van der Waals surface area contributed by atoms with E-state index in [4.69, 9.17) is 4.74 Å². The van der Waals surface area contributed by atoms with E-state index in [0.717, 1.165) is 56.7 Å². The fourth-order valence-corrected chi connectivity index (χ4v) is 4.57. The number of nitrogens with zero attached hydrogens (tertiary/aromatic N) is 1. The first-order valence-corrected chi connectivity index (χ1v) is 9.95. The second kappa shape index (κ2) is 8.61. The van der Waals surface area contributed by atoms with Crippen molar-refractivity contribution in [1.82, 2.24) is 4.90 Å². The van der Waals surface area contributed by atoms with Gasteiger partial charge in [0.25, 0.3) is 0 Å². The van der Waals surface area contributed by atoms with Crippen LogP contribution in [0.1, 0.15) is 32.1 Å². The topological polar surface area (TPSA) is 29.5 Å². The van der Waals surface area contributed by atoms with Gasteiger partial charge in [-0.05, 0) is 62.3 Å². The largest absolute Gasteiger partial charge is 0.497 e. The lowest BCUT2D eigenvalue weighted by Crippen LogP contribution is -2.42. The lowest BCUT2D eigenvalue weighted by Gasteiger charge is -2.34. The molecule has 1 aromatic carbocycles. The first-order chi connectivity index (χ1) is 11.8. The molecular formula is C20H27NO2S. The molecular weight excluding hydrogens is 318 g/mol. The summed E-state index contributed by atoms with van der Waals surface area (Å²) >= 11 is 1.92. The molecule has 3 rings (SSSR count). The van der Waals surface area contributed by atoms with Gasteiger partial charge in [-0.2, -0.15) is 0 Å². The number of carbonyl (C=O) groups is 1. The zero-order chi connectivity index (χ0) is 16.8. The van der Waals surface area contributed by atoms with Crippen LogP contribution in [0.4, 0.5) is 0 Å². The first-order valence-electron chi connectivity index (χ1n) is 8.97. The number of methoxy groups -OCH3 is 1. The Morgan fingerprint density at radius 2 is 1.92 bits per heavy atom. The Morgan fingerprint density at radius 3 is 2.54 bits per heavy atom. The summed E-state index contributed by atoms with van der Waals surface area (Å²) in [5, 5.41) is 0. The van der Waals surface area contributed by atoms with Crippen LogP contribution in [-0.2, 0) is 4.79 Å². The Hall–Kier alpha value is -1.42. The van der Waals surface area contributed by atoms with Crippen molar-refractivity contribution in [1.29, 1.82) is 0 Å². The summed E-state index contributed by atoms with van der Waals surface area (Å²) in [7, 11) is 1.70. The molecule has 0 bridgehead atoms. The molecule has 0 aromatic heterocycles. The number of benzene rings is 1. The van der Waals surface area contributed by atoms with Crippen LogP contribution in [0.25, 0.3) is 0 Å². The molecule has 1 amide bonds. The number of amides is 1. The Balaban J connectivity index is 1.41. The second-order valence-electron chi connectivity index (χ2n) is 6.74. The number of piperidine rings is 1. The van der Waals surface area contributed by atoms with Crippen LogP contribution in [0, 0.1) is 11.8 Å². The summed E-state index contributed by atoms with van der Waals surface area (Å²) in [5.74, 6) is 3.39. The van der Waals surface area contributed by atoms with Crippen LogP contribution >= 0.6 is 11.8 Å². The van der Waals surface area contributed by atoms with Gasteiger partial charge in [0.1, 0.15) is 5.75 Å². The Morgan fingerprint density at radius 1 is 1.17 bits per heavy atom. The quantitative estimate of drug-likeness (QED) is 0.586. The average Bonchev–Trinajstić information content (AvgIpc) is 2.67. The Bertz CT molecular complexity index is 562. The Kier molecular flexibility index (Phi) is 6.24. The van der Waals surface area contributed by atoms with Gasteiger partial charge < -0.3 is 9.64 Å². The minimum atomic E-state index is 0.236.